The summed E-state index contributed by atoms with van der Waals surface area (Å²) >= 11 is 3.61. The molecule has 2 atom stereocenters. The second kappa shape index (κ2) is 5.86. The van der Waals surface area contributed by atoms with Crippen molar-refractivity contribution in [2.45, 2.75) is 25.3 Å². The highest BCUT2D eigenvalue weighted by Crippen LogP contribution is 2.35. The smallest absolute Gasteiger partial charge is 0.150 e. The quantitative estimate of drug-likeness (QED) is 0.775. The van der Waals surface area contributed by atoms with E-state index in [-0.39, 0.29) is 0 Å². The van der Waals surface area contributed by atoms with Crippen molar-refractivity contribution in [2.75, 3.05) is 31.6 Å². The van der Waals surface area contributed by atoms with Gasteiger partial charge in [0.25, 0.3) is 0 Å². The van der Waals surface area contributed by atoms with E-state index in [0.29, 0.717) is 0 Å². The van der Waals surface area contributed by atoms with Crippen molar-refractivity contribution in [1.29, 1.82) is 0 Å². The molecule has 2 unspecified atom stereocenters. The van der Waals surface area contributed by atoms with Gasteiger partial charge in [0.15, 0.2) is 0 Å². The second-order valence-electron chi connectivity index (χ2n) is 6.01. The fourth-order valence-corrected chi connectivity index (χ4v) is 4.37. The number of piperidine rings is 2. The number of halogens is 1. The van der Waals surface area contributed by atoms with E-state index in [1.807, 2.05) is 12.1 Å². The third kappa shape index (κ3) is 2.63. The molecule has 0 bridgehead atoms. The van der Waals surface area contributed by atoms with Gasteiger partial charge in [-0.25, -0.2) is 0 Å². The minimum atomic E-state index is 0.730. The van der Waals surface area contributed by atoms with Gasteiger partial charge in [0, 0.05) is 29.2 Å². The van der Waals surface area contributed by atoms with Crippen LogP contribution in [-0.2, 0) is 0 Å². The molecule has 0 saturated carbocycles. The third-order valence-corrected chi connectivity index (χ3v) is 5.43. The van der Waals surface area contributed by atoms with Crippen molar-refractivity contribution >= 4 is 27.9 Å². The van der Waals surface area contributed by atoms with Gasteiger partial charge in [-0.2, -0.15) is 0 Å². The van der Waals surface area contributed by atoms with Gasteiger partial charge in [-0.15, -0.1) is 0 Å². The van der Waals surface area contributed by atoms with E-state index in [1.165, 1.54) is 31.5 Å². The fraction of sp³-hybridized carbons (Fsp3) is 0.562. The van der Waals surface area contributed by atoms with Gasteiger partial charge >= 0.3 is 0 Å². The monoisotopic (exact) mass is 336 g/mol. The number of carbonyl (C=O) groups is 1. The van der Waals surface area contributed by atoms with Crippen LogP contribution in [0.5, 0.6) is 0 Å². The van der Waals surface area contributed by atoms with E-state index in [1.54, 1.807) is 0 Å². The molecular formula is C16H21BrN2O. The van der Waals surface area contributed by atoms with Gasteiger partial charge < -0.3 is 9.80 Å². The molecule has 0 aromatic heterocycles. The number of aldehydes is 1. The lowest BCUT2D eigenvalue weighted by Crippen LogP contribution is -2.52. The zero-order valence-corrected chi connectivity index (χ0v) is 13.5. The van der Waals surface area contributed by atoms with E-state index in [0.717, 1.165) is 41.4 Å². The lowest BCUT2D eigenvalue weighted by Gasteiger charge is -2.46. The normalized spacial score (nSPS) is 27.2. The molecule has 3 rings (SSSR count). The number of benzene rings is 1. The number of nitrogens with zero attached hydrogens (tertiary/aromatic N) is 2. The SMILES string of the molecule is CN1CCCC2CN(c3ccc(C=O)cc3Br)CCC21. The molecule has 2 aliphatic heterocycles. The molecule has 0 N–H and O–H groups in total. The largest absolute Gasteiger partial charge is 0.370 e. The third-order valence-electron chi connectivity index (χ3n) is 4.79. The maximum atomic E-state index is 10.8. The topological polar surface area (TPSA) is 23.6 Å². The highest BCUT2D eigenvalue weighted by atomic mass is 79.9. The van der Waals surface area contributed by atoms with Crippen LogP contribution in [0, 0.1) is 5.92 Å². The van der Waals surface area contributed by atoms with Crippen LogP contribution in [0.25, 0.3) is 0 Å². The molecule has 2 aliphatic rings. The van der Waals surface area contributed by atoms with Crippen molar-refractivity contribution < 1.29 is 4.79 Å². The zero-order valence-electron chi connectivity index (χ0n) is 11.9. The van der Waals surface area contributed by atoms with Crippen molar-refractivity contribution in [2.24, 2.45) is 5.92 Å². The number of rotatable bonds is 2. The number of anilines is 1. The molecule has 0 spiro atoms. The Labute approximate surface area is 129 Å². The molecule has 108 valence electrons. The van der Waals surface area contributed by atoms with Gasteiger partial charge in [-0.1, -0.05) is 0 Å². The first-order chi connectivity index (χ1) is 9.69. The Morgan fingerprint density at radius 3 is 2.90 bits per heavy atom. The van der Waals surface area contributed by atoms with Gasteiger partial charge in [-0.05, 0) is 72.9 Å². The van der Waals surface area contributed by atoms with Crippen molar-refractivity contribution in [3.8, 4) is 0 Å². The Morgan fingerprint density at radius 2 is 2.15 bits per heavy atom. The molecule has 3 nitrogen and oxygen atoms in total. The predicted octanol–water partition coefficient (Wildman–Crippen LogP) is 3.18. The number of carbonyl (C=O) groups excluding carboxylic acids is 1. The maximum absolute atomic E-state index is 10.8. The lowest BCUT2D eigenvalue weighted by molar-refractivity contribution is 0.102. The summed E-state index contributed by atoms with van der Waals surface area (Å²) in [5, 5.41) is 0. The van der Waals surface area contributed by atoms with E-state index in [9.17, 15) is 4.79 Å². The predicted molar refractivity (Wildman–Crippen MR) is 85.5 cm³/mol. The van der Waals surface area contributed by atoms with E-state index in [2.05, 4.69) is 38.8 Å². The molecule has 1 aromatic rings. The van der Waals surface area contributed by atoms with Gasteiger partial charge in [0.05, 0.1) is 5.69 Å². The Balaban J connectivity index is 1.77. The van der Waals surface area contributed by atoms with Gasteiger partial charge in [0.2, 0.25) is 0 Å². The summed E-state index contributed by atoms with van der Waals surface area (Å²) in [7, 11) is 2.27. The maximum Gasteiger partial charge on any atom is 0.150 e. The summed E-state index contributed by atoms with van der Waals surface area (Å²) in [6.45, 7) is 3.48. The molecule has 2 heterocycles. The van der Waals surface area contributed by atoms with Crippen LogP contribution in [0.4, 0.5) is 5.69 Å². The van der Waals surface area contributed by atoms with Gasteiger partial charge in [0.1, 0.15) is 6.29 Å². The summed E-state index contributed by atoms with van der Waals surface area (Å²) in [6, 6.07) is 6.65. The summed E-state index contributed by atoms with van der Waals surface area (Å²) in [6.07, 6.45) is 4.80. The van der Waals surface area contributed by atoms with Crippen LogP contribution in [0.3, 0.4) is 0 Å². The van der Waals surface area contributed by atoms with Gasteiger partial charge in [-0.3, -0.25) is 4.79 Å². The first-order valence-electron chi connectivity index (χ1n) is 7.39. The van der Waals surface area contributed by atoms with Crippen LogP contribution in [0.1, 0.15) is 29.6 Å². The number of fused-ring (bicyclic) bond motifs is 1. The zero-order chi connectivity index (χ0) is 14.1. The molecule has 2 fully saturated rings. The lowest BCUT2D eigenvalue weighted by atomic mass is 9.84. The molecular weight excluding hydrogens is 316 g/mol. The average molecular weight is 337 g/mol. The molecule has 1 aromatic carbocycles. The van der Waals surface area contributed by atoms with Crippen LogP contribution in [0.2, 0.25) is 0 Å². The minimum absolute atomic E-state index is 0.730. The number of hydrogen-bond donors (Lipinski definition) is 0. The highest BCUT2D eigenvalue weighted by molar-refractivity contribution is 9.10. The Bertz CT molecular complexity index is 505. The molecule has 0 radical (unpaired) electrons. The molecule has 2 saturated heterocycles. The Morgan fingerprint density at radius 1 is 1.30 bits per heavy atom. The molecule has 0 aliphatic carbocycles. The van der Waals surface area contributed by atoms with E-state index < -0.39 is 0 Å². The minimum Gasteiger partial charge on any atom is -0.370 e. The summed E-state index contributed by atoms with van der Waals surface area (Å²) in [5.74, 6) is 0.778. The van der Waals surface area contributed by atoms with Crippen LogP contribution < -0.4 is 4.90 Å². The van der Waals surface area contributed by atoms with Crippen LogP contribution in [-0.4, -0.2) is 43.9 Å². The fourth-order valence-electron chi connectivity index (χ4n) is 3.72. The molecule has 20 heavy (non-hydrogen) atoms. The van der Waals surface area contributed by atoms with E-state index in [4.69, 9.17) is 0 Å². The highest BCUT2D eigenvalue weighted by Gasteiger charge is 2.34. The summed E-state index contributed by atoms with van der Waals surface area (Å²) in [4.78, 5) is 15.8. The first kappa shape index (κ1) is 14.1. The number of likely N-dealkylation sites (tertiary alicyclic amines) is 1. The Hall–Kier alpha value is -0.870. The molecule has 0 amide bonds. The van der Waals surface area contributed by atoms with Crippen molar-refractivity contribution in [3.05, 3.63) is 28.2 Å². The average Bonchev–Trinajstić information content (AvgIpc) is 2.47. The van der Waals surface area contributed by atoms with Crippen molar-refractivity contribution in [3.63, 3.8) is 0 Å². The van der Waals surface area contributed by atoms with E-state index >= 15 is 0 Å². The first-order valence-corrected chi connectivity index (χ1v) is 8.18. The second-order valence-corrected chi connectivity index (χ2v) is 6.87. The van der Waals surface area contributed by atoms with Crippen LogP contribution >= 0.6 is 15.9 Å². The summed E-state index contributed by atoms with van der Waals surface area (Å²) in [5.41, 5.74) is 1.95. The molecule has 4 heteroatoms. The van der Waals surface area contributed by atoms with Crippen LogP contribution in [0.15, 0.2) is 22.7 Å². The number of hydrogen-bond acceptors (Lipinski definition) is 3. The Kier molecular flexibility index (Phi) is 4.13. The van der Waals surface area contributed by atoms with Crippen molar-refractivity contribution in [1.82, 2.24) is 4.90 Å². The standard InChI is InChI=1S/C16H21BrN2O/c1-18-7-2-3-13-10-19(8-6-15(13)18)16-5-4-12(11-20)9-14(16)17/h4-5,9,11,13,15H,2-3,6-8,10H2,1H3. The summed E-state index contributed by atoms with van der Waals surface area (Å²) < 4.78 is 1.03.